The van der Waals surface area contributed by atoms with Gasteiger partial charge in [-0.3, -0.25) is 0 Å². The first-order valence-electron chi connectivity index (χ1n) is 6.32. The van der Waals surface area contributed by atoms with Gasteiger partial charge in [0.15, 0.2) is 0 Å². The van der Waals surface area contributed by atoms with Crippen LogP contribution in [0.25, 0.3) is 0 Å². The molecule has 0 atom stereocenters. The van der Waals surface area contributed by atoms with E-state index in [-0.39, 0.29) is 11.5 Å². The Morgan fingerprint density at radius 3 is 2.14 bits per heavy atom. The largest absolute Gasteiger partial charge is 0.416 e. The van der Waals surface area contributed by atoms with Crippen LogP contribution in [0.5, 0.6) is 0 Å². The number of alkyl halides is 3. The topological polar surface area (TPSA) is 29.3 Å². The summed E-state index contributed by atoms with van der Waals surface area (Å²) in [4.78, 5) is 1.72. The lowest BCUT2D eigenvalue weighted by Gasteiger charge is -2.25. The van der Waals surface area contributed by atoms with Crippen molar-refractivity contribution >= 4 is 17.1 Å². The molecule has 0 heterocycles. The highest BCUT2D eigenvalue weighted by molar-refractivity contribution is 5.75. The van der Waals surface area contributed by atoms with Crippen LogP contribution in [0, 0.1) is 5.82 Å². The molecule has 0 spiro atoms. The number of rotatable bonds is 3. The Balaban J connectivity index is 2.41. The van der Waals surface area contributed by atoms with E-state index in [0.29, 0.717) is 17.9 Å². The summed E-state index contributed by atoms with van der Waals surface area (Å²) in [5.74, 6) is -0.379. The van der Waals surface area contributed by atoms with E-state index in [1.807, 2.05) is 6.92 Å². The van der Waals surface area contributed by atoms with Gasteiger partial charge in [0.05, 0.1) is 16.9 Å². The highest BCUT2D eigenvalue weighted by Gasteiger charge is 2.31. The minimum atomic E-state index is -4.43. The average Bonchev–Trinajstić information content (AvgIpc) is 2.42. The lowest BCUT2D eigenvalue weighted by atomic mass is 10.1. The van der Waals surface area contributed by atoms with Crippen molar-refractivity contribution in [3.8, 4) is 0 Å². The second-order valence-corrected chi connectivity index (χ2v) is 4.49. The Morgan fingerprint density at radius 1 is 1.05 bits per heavy atom. The van der Waals surface area contributed by atoms with Crippen LogP contribution in [0.4, 0.5) is 34.6 Å². The second kappa shape index (κ2) is 5.63. The van der Waals surface area contributed by atoms with Gasteiger partial charge < -0.3 is 10.6 Å². The van der Waals surface area contributed by atoms with Gasteiger partial charge in [0.25, 0.3) is 0 Å². The highest BCUT2D eigenvalue weighted by Crippen LogP contribution is 2.36. The van der Waals surface area contributed by atoms with E-state index in [9.17, 15) is 17.6 Å². The molecule has 21 heavy (non-hydrogen) atoms. The molecule has 0 saturated carbocycles. The number of benzene rings is 2. The summed E-state index contributed by atoms with van der Waals surface area (Å²) in [6, 6.07) is 8.90. The minimum Gasteiger partial charge on any atom is -0.397 e. The fraction of sp³-hybridized carbons (Fsp3) is 0.200. The molecule has 0 unspecified atom stereocenters. The summed E-state index contributed by atoms with van der Waals surface area (Å²) in [6.45, 7) is 2.32. The standard InChI is InChI=1S/C15H14F4N2/c1-2-21(12-6-4-11(16)5-7-12)14-8-3-10(9-13(14)20)15(17,18)19/h3-9H,2,20H2,1H3. The molecule has 0 aliphatic heterocycles. The normalized spacial score (nSPS) is 11.5. The summed E-state index contributed by atoms with van der Waals surface area (Å²) in [5, 5.41) is 0. The molecule has 6 heteroatoms. The van der Waals surface area contributed by atoms with Crippen LogP contribution in [0.3, 0.4) is 0 Å². The van der Waals surface area contributed by atoms with Gasteiger partial charge >= 0.3 is 6.18 Å². The average molecular weight is 298 g/mol. The van der Waals surface area contributed by atoms with Gasteiger partial charge in [-0.25, -0.2) is 4.39 Å². The molecule has 2 aromatic carbocycles. The molecule has 0 bridgehead atoms. The van der Waals surface area contributed by atoms with Crippen LogP contribution in [-0.2, 0) is 6.18 Å². The van der Waals surface area contributed by atoms with E-state index >= 15 is 0 Å². The Labute approximate surface area is 119 Å². The van der Waals surface area contributed by atoms with Crippen LogP contribution in [0.15, 0.2) is 42.5 Å². The Kier molecular flexibility index (Phi) is 4.06. The molecule has 0 saturated heterocycles. The van der Waals surface area contributed by atoms with Crippen molar-refractivity contribution < 1.29 is 17.6 Å². The molecule has 112 valence electrons. The van der Waals surface area contributed by atoms with E-state index in [4.69, 9.17) is 5.73 Å². The van der Waals surface area contributed by atoms with Crippen molar-refractivity contribution in [2.45, 2.75) is 13.1 Å². The molecule has 2 N–H and O–H groups in total. The number of halogens is 4. The van der Waals surface area contributed by atoms with E-state index in [1.54, 1.807) is 17.0 Å². The first kappa shape index (κ1) is 15.2. The first-order valence-corrected chi connectivity index (χ1v) is 6.32. The van der Waals surface area contributed by atoms with Crippen molar-refractivity contribution in [2.24, 2.45) is 0 Å². The van der Waals surface area contributed by atoms with Gasteiger partial charge in [0.2, 0.25) is 0 Å². The number of anilines is 3. The molecule has 0 aromatic heterocycles. The number of hydrogen-bond acceptors (Lipinski definition) is 2. The molecule has 0 aliphatic carbocycles. The molecule has 2 aromatic rings. The quantitative estimate of drug-likeness (QED) is 0.663. The Bertz CT molecular complexity index is 621. The zero-order chi connectivity index (χ0) is 15.6. The zero-order valence-electron chi connectivity index (χ0n) is 11.3. The maximum Gasteiger partial charge on any atom is 0.416 e. The molecular formula is C15H14F4N2. The second-order valence-electron chi connectivity index (χ2n) is 4.49. The van der Waals surface area contributed by atoms with E-state index in [0.717, 1.165) is 12.1 Å². The summed E-state index contributed by atoms with van der Waals surface area (Å²) in [7, 11) is 0. The van der Waals surface area contributed by atoms with Crippen LogP contribution < -0.4 is 10.6 Å². The minimum absolute atomic E-state index is 0.0241. The fourth-order valence-electron chi connectivity index (χ4n) is 2.09. The molecule has 2 rings (SSSR count). The molecule has 2 nitrogen and oxygen atoms in total. The lowest BCUT2D eigenvalue weighted by molar-refractivity contribution is -0.137. The summed E-state index contributed by atoms with van der Waals surface area (Å²) in [5.41, 5.74) is 6.09. The van der Waals surface area contributed by atoms with Gasteiger partial charge in [-0.15, -0.1) is 0 Å². The van der Waals surface area contributed by atoms with Gasteiger partial charge in [-0.05, 0) is 49.4 Å². The van der Waals surface area contributed by atoms with Crippen LogP contribution in [0.2, 0.25) is 0 Å². The van der Waals surface area contributed by atoms with Gasteiger partial charge in [-0.2, -0.15) is 13.2 Å². The van der Waals surface area contributed by atoms with Crippen molar-refractivity contribution in [3.63, 3.8) is 0 Å². The van der Waals surface area contributed by atoms with Crippen LogP contribution >= 0.6 is 0 Å². The summed E-state index contributed by atoms with van der Waals surface area (Å²) in [6.07, 6.45) is -4.43. The van der Waals surface area contributed by atoms with Gasteiger partial charge in [0.1, 0.15) is 5.82 Å². The maximum absolute atomic E-state index is 13.0. The van der Waals surface area contributed by atoms with Crippen LogP contribution in [0.1, 0.15) is 12.5 Å². The lowest BCUT2D eigenvalue weighted by Crippen LogP contribution is -2.18. The molecule has 0 radical (unpaired) electrons. The number of nitrogen functional groups attached to an aromatic ring is 1. The SMILES string of the molecule is CCN(c1ccc(F)cc1)c1ccc(C(F)(F)F)cc1N. The van der Waals surface area contributed by atoms with Crippen molar-refractivity contribution in [1.29, 1.82) is 0 Å². The van der Waals surface area contributed by atoms with Crippen LogP contribution in [-0.4, -0.2) is 6.54 Å². The van der Waals surface area contributed by atoms with E-state index in [1.165, 1.54) is 18.2 Å². The van der Waals surface area contributed by atoms with Crippen molar-refractivity contribution in [3.05, 3.63) is 53.8 Å². The zero-order valence-corrected chi connectivity index (χ0v) is 11.3. The number of hydrogen-bond donors (Lipinski definition) is 1. The third kappa shape index (κ3) is 3.26. The Hall–Kier alpha value is -2.24. The fourth-order valence-corrected chi connectivity index (χ4v) is 2.09. The van der Waals surface area contributed by atoms with E-state index in [2.05, 4.69) is 0 Å². The van der Waals surface area contributed by atoms with Crippen molar-refractivity contribution in [1.82, 2.24) is 0 Å². The first-order chi connectivity index (χ1) is 9.82. The summed E-state index contributed by atoms with van der Waals surface area (Å²) < 4.78 is 50.9. The Morgan fingerprint density at radius 2 is 1.67 bits per heavy atom. The molecular weight excluding hydrogens is 284 g/mol. The predicted octanol–water partition coefficient (Wildman–Crippen LogP) is 4.58. The number of nitrogens with zero attached hydrogens (tertiary/aromatic N) is 1. The highest BCUT2D eigenvalue weighted by atomic mass is 19.4. The molecule has 0 aliphatic rings. The monoisotopic (exact) mass is 298 g/mol. The molecule has 0 amide bonds. The maximum atomic E-state index is 13.0. The third-order valence-corrected chi connectivity index (χ3v) is 3.10. The number of nitrogens with two attached hydrogens (primary N) is 1. The summed E-state index contributed by atoms with van der Waals surface area (Å²) >= 11 is 0. The van der Waals surface area contributed by atoms with E-state index < -0.39 is 11.7 Å². The smallest absolute Gasteiger partial charge is 0.397 e. The third-order valence-electron chi connectivity index (χ3n) is 3.10. The van der Waals surface area contributed by atoms with Gasteiger partial charge in [0, 0.05) is 12.2 Å². The van der Waals surface area contributed by atoms with Gasteiger partial charge in [-0.1, -0.05) is 0 Å². The molecule has 0 fully saturated rings. The van der Waals surface area contributed by atoms with Crippen molar-refractivity contribution in [2.75, 3.05) is 17.2 Å². The predicted molar refractivity (Wildman–Crippen MR) is 74.9 cm³/mol.